The number of hydrogen-bond acceptors (Lipinski definition) is 5. The van der Waals surface area contributed by atoms with Crippen molar-refractivity contribution in [3.63, 3.8) is 0 Å². The summed E-state index contributed by atoms with van der Waals surface area (Å²) in [5.41, 5.74) is 0.834. The molecule has 0 atom stereocenters. The summed E-state index contributed by atoms with van der Waals surface area (Å²) >= 11 is 0. The van der Waals surface area contributed by atoms with Crippen LogP contribution in [0.5, 0.6) is 5.75 Å². The molecular formula is C18H23N3O3. The first-order valence-corrected chi connectivity index (χ1v) is 8.59. The zero-order valence-electron chi connectivity index (χ0n) is 14.0. The van der Waals surface area contributed by atoms with Crippen molar-refractivity contribution in [2.24, 2.45) is 0 Å². The van der Waals surface area contributed by atoms with E-state index in [1.807, 2.05) is 19.1 Å². The average molecular weight is 329 g/mol. The third-order valence-corrected chi connectivity index (χ3v) is 4.21. The predicted octanol–water partition coefficient (Wildman–Crippen LogP) is 3.13. The molecule has 1 aromatic carbocycles. The van der Waals surface area contributed by atoms with Gasteiger partial charge in [-0.3, -0.25) is 4.79 Å². The molecule has 1 aliphatic rings. The molecule has 0 radical (unpaired) electrons. The largest absolute Gasteiger partial charge is 0.484 e. The zero-order chi connectivity index (χ0) is 16.8. The van der Waals surface area contributed by atoms with E-state index >= 15 is 0 Å². The van der Waals surface area contributed by atoms with Gasteiger partial charge in [0, 0.05) is 18.0 Å². The molecule has 2 aromatic rings. The molecule has 1 aliphatic carbocycles. The number of hydrogen-bond donors (Lipinski definition) is 1. The van der Waals surface area contributed by atoms with Crippen molar-refractivity contribution < 1.29 is 13.9 Å². The van der Waals surface area contributed by atoms with Gasteiger partial charge in [-0.2, -0.15) is 0 Å². The molecule has 1 heterocycles. The molecular weight excluding hydrogens is 306 g/mol. The molecule has 1 saturated carbocycles. The summed E-state index contributed by atoms with van der Waals surface area (Å²) in [4.78, 5) is 11.9. The van der Waals surface area contributed by atoms with Crippen LogP contribution in [-0.4, -0.2) is 28.8 Å². The molecule has 0 saturated heterocycles. The van der Waals surface area contributed by atoms with Gasteiger partial charge in [-0.15, -0.1) is 10.2 Å². The van der Waals surface area contributed by atoms with Crippen molar-refractivity contribution in [2.75, 3.05) is 6.61 Å². The maximum Gasteiger partial charge on any atom is 0.258 e. The van der Waals surface area contributed by atoms with Crippen LogP contribution in [0.25, 0.3) is 11.5 Å². The van der Waals surface area contributed by atoms with Gasteiger partial charge in [0.15, 0.2) is 6.61 Å². The van der Waals surface area contributed by atoms with Crippen LogP contribution >= 0.6 is 0 Å². The Bertz CT molecular complexity index is 660. The molecule has 0 spiro atoms. The first-order chi connectivity index (χ1) is 11.7. The van der Waals surface area contributed by atoms with Crippen molar-refractivity contribution in [1.82, 2.24) is 15.5 Å². The highest BCUT2D eigenvalue weighted by Crippen LogP contribution is 2.21. The number of nitrogens with one attached hydrogen (secondary N) is 1. The molecule has 128 valence electrons. The summed E-state index contributed by atoms with van der Waals surface area (Å²) in [7, 11) is 0. The summed E-state index contributed by atoms with van der Waals surface area (Å²) < 4.78 is 11.1. The lowest BCUT2D eigenvalue weighted by Gasteiger charge is -2.22. The first kappa shape index (κ1) is 16.5. The van der Waals surface area contributed by atoms with E-state index < -0.39 is 0 Å². The fraction of sp³-hybridized carbons (Fsp3) is 0.500. The Balaban J connectivity index is 1.49. The van der Waals surface area contributed by atoms with E-state index in [0.29, 0.717) is 30.0 Å². The molecule has 6 nitrogen and oxygen atoms in total. The van der Waals surface area contributed by atoms with Gasteiger partial charge in [-0.25, -0.2) is 0 Å². The Morgan fingerprint density at radius 1 is 1.21 bits per heavy atom. The normalized spacial score (nSPS) is 15.2. The fourth-order valence-corrected chi connectivity index (χ4v) is 2.87. The van der Waals surface area contributed by atoms with Crippen molar-refractivity contribution in [3.8, 4) is 17.2 Å². The second-order valence-electron chi connectivity index (χ2n) is 6.07. The smallest absolute Gasteiger partial charge is 0.258 e. The minimum atomic E-state index is -0.0598. The number of aryl methyl sites for hydroxylation is 1. The summed E-state index contributed by atoms with van der Waals surface area (Å²) in [6, 6.07) is 7.61. The molecule has 1 aromatic heterocycles. The van der Waals surface area contributed by atoms with Gasteiger partial charge >= 0.3 is 0 Å². The van der Waals surface area contributed by atoms with E-state index in [1.54, 1.807) is 12.1 Å². The Labute approximate surface area is 141 Å². The van der Waals surface area contributed by atoms with Crippen LogP contribution in [0.4, 0.5) is 0 Å². The Morgan fingerprint density at radius 3 is 2.62 bits per heavy atom. The van der Waals surface area contributed by atoms with Gasteiger partial charge in [-0.05, 0) is 37.1 Å². The van der Waals surface area contributed by atoms with Gasteiger partial charge in [0.05, 0.1) is 0 Å². The standard InChI is InChI=1S/C18H23N3O3/c1-2-17-20-21-18(24-17)13-8-10-15(11-9-13)23-12-16(22)19-14-6-4-3-5-7-14/h8-11,14H,2-7,12H2,1H3,(H,19,22). The van der Waals surface area contributed by atoms with Crippen molar-refractivity contribution in [3.05, 3.63) is 30.2 Å². The van der Waals surface area contributed by atoms with E-state index in [-0.39, 0.29) is 12.5 Å². The number of ether oxygens (including phenoxy) is 1. The van der Waals surface area contributed by atoms with Crippen LogP contribution in [0.2, 0.25) is 0 Å². The van der Waals surface area contributed by atoms with Crippen molar-refractivity contribution in [1.29, 1.82) is 0 Å². The van der Waals surface area contributed by atoms with E-state index in [2.05, 4.69) is 15.5 Å². The summed E-state index contributed by atoms with van der Waals surface area (Å²) in [5, 5.41) is 11.0. The second-order valence-corrected chi connectivity index (χ2v) is 6.07. The Hall–Kier alpha value is -2.37. The molecule has 1 amide bonds. The van der Waals surface area contributed by atoms with Gasteiger partial charge in [0.25, 0.3) is 5.91 Å². The van der Waals surface area contributed by atoms with Gasteiger partial charge < -0.3 is 14.5 Å². The maximum atomic E-state index is 11.9. The van der Waals surface area contributed by atoms with Crippen LogP contribution < -0.4 is 10.1 Å². The van der Waals surface area contributed by atoms with E-state index in [4.69, 9.17) is 9.15 Å². The van der Waals surface area contributed by atoms with Gasteiger partial charge in [0.1, 0.15) is 5.75 Å². The van der Waals surface area contributed by atoms with Crippen LogP contribution in [0, 0.1) is 0 Å². The summed E-state index contributed by atoms with van der Waals surface area (Å²) in [5.74, 6) is 1.70. The van der Waals surface area contributed by atoms with Crippen LogP contribution in [0.15, 0.2) is 28.7 Å². The second kappa shape index (κ2) is 7.95. The lowest BCUT2D eigenvalue weighted by atomic mass is 9.95. The van der Waals surface area contributed by atoms with Crippen LogP contribution in [-0.2, 0) is 11.2 Å². The lowest BCUT2D eigenvalue weighted by molar-refractivity contribution is -0.124. The third kappa shape index (κ3) is 4.34. The third-order valence-electron chi connectivity index (χ3n) is 4.21. The molecule has 0 bridgehead atoms. The molecule has 1 N–H and O–H groups in total. The Kier molecular flexibility index (Phi) is 5.46. The average Bonchev–Trinajstić information content (AvgIpc) is 3.10. The number of amides is 1. The lowest BCUT2D eigenvalue weighted by Crippen LogP contribution is -2.38. The summed E-state index contributed by atoms with van der Waals surface area (Å²) in [6.07, 6.45) is 6.53. The maximum absolute atomic E-state index is 11.9. The predicted molar refractivity (Wildman–Crippen MR) is 89.6 cm³/mol. The van der Waals surface area contributed by atoms with Crippen LogP contribution in [0.1, 0.15) is 44.9 Å². The number of carbonyl (C=O) groups excluding carboxylic acids is 1. The van der Waals surface area contributed by atoms with Gasteiger partial charge in [-0.1, -0.05) is 26.2 Å². The van der Waals surface area contributed by atoms with Crippen molar-refractivity contribution >= 4 is 5.91 Å². The van der Waals surface area contributed by atoms with E-state index in [9.17, 15) is 4.79 Å². The number of aromatic nitrogens is 2. The number of rotatable bonds is 6. The topological polar surface area (TPSA) is 77.2 Å². The SMILES string of the molecule is CCc1nnc(-c2ccc(OCC(=O)NC3CCCCC3)cc2)o1. The minimum absolute atomic E-state index is 0.0381. The molecule has 3 rings (SSSR count). The zero-order valence-corrected chi connectivity index (χ0v) is 14.0. The summed E-state index contributed by atoms with van der Waals surface area (Å²) in [6.45, 7) is 2.00. The minimum Gasteiger partial charge on any atom is -0.484 e. The van der Waals surface area contributed by atoms with Crippen molar-refractivity contribution in [2.45, 2.75) is 51.5 Å². The highest BCUT2D eigenvalue weighted by Gasteiger charge is 2.15. The molecule has 1 fully saturated rings. The molecule has 24 heavy (non-hydrogen) atoms. The highest BCUT2D eigenvalue weighted by molar-refractivity contribution is 5.77. The Morgan fingerprint density at radius 2 is 1.96 bits per heavy atom. The number of carbonyl (C=O) groups is 1. The molecule has 0 aliphatic heterocycles. The highest BCUT2D eigenvalue weighted by atomic mass is 16.5. The quantitative estimate of drug-likeness (QED) is 0.881. The first-order valence-electron chi connectivity index (χ1n) is 8.59. The van der Waals surface area contributed by atoms with E-state index in [1.165, 1.54) is 19.3 Å². The molecule has 6 heteroatoms. The van der Waals surface area contributed by atoms with Gasteiger partial charge in [0.2, 0.25) is 11.8 Å². The fourth-order valence-electron chi connectivity index (χ4n) is 2.87. The number of nitrogens with zero attached hydrogens (tertiary/aromatic N) is 2. The van der Waals surface area contributed by atoms with Crippen LogP contribution in [0.3, 0.4) is 0 Å². The monoisotopic (exact) mass is 329 g/mol. The number of benzene rings is 1. The van der Waals surface area contributed by atoms with E-state index in [0.717, 1.165) is 18.4 Å². The molecule has 0 unspecified atom stereocenters.